The molecule has 6 heteroatoms. The molecule has 1 aliphatic rings. The van der Waals surface area contributed by atoms with E-state index in [1.807, 2.05) is 30.3 Å². The summed E-state index contributed by atoms with van der Waals surface area (Å²) in [7, 11) is 0. The third kappa shape index (κ3) is 4.18. The van der Waals surface area contributed by atoms with Gasteiger partial charge in [0.25, 0.3) is 0 Å². The van der Waals surface area contributed by atoms with Crippen molar-refractivity contribution >= 4 is 17.5 Å². The second-order valence-corrected chi connectivity index (χ2v) is 6.64. The summed E-state index contributed by atoms with van der Waals surface area (Å²) in [5.74, 6) is -0.633. The molecule has 1 atom stereocenters. The van der Waals surface area contributed by atoms with Gasteiger partial charge in [-0.05, 0) is 17.7 Å². The van der Waals surface area contributed by atoms with Gasteiger partial charge >= 0.3 is 0 Å². The highest BCUT2D eigenvalue weighted by atomic mass is 35.5. The predicted octanol–water partition coefficient (Wildman–Crippen LogP) is 2.82. The maximum atomic E-state index is 14.0. The molecular formula is C19H21ClFN3O. The molecule has 0 aliphatic carbocycles. The minimum Gasteiger partial charge on any atom is -0.368 e. The molecule has 1 unspecified atom stereocenters. The van der Waals surface area contributed by atoms with Crippen LogP contribution < -0.4 is 5.73 Å². The Morgan fingerprint density at radius 3 is 2.36 bits per heavy atom. The highest BCUT2D eigenvalue weighted by Crippen LogP contribution is 2.24. The first-order valence-corrected chi connectivity index (χ1v) is 8.67. The maximum Gasteiger partial charge on any atom is 0.239 e. The van der Waals surface area contributed by atoms with Gasteiger partial charge in [0, 0.05) is 43.3 Å². The monoisotopic (exact) mass is 361 g/mol. The van der Waals surface area contributed by atoms with Crippen molar-refractivity contribution in [2.45, 2.75) is 12.6 Å². The van der Waals surface area contributed by atoms with E-state index in [0.717, 1.165) is 18.7 Å². The van der Waals surface area contributed by atoms with Crippen LogP contribution in [0.15, 0.2) is 48.5 Å². The van der Waals surface area contributed by atoms with Crippen LogP contribution in [0.4, 0.5) is 4.39 Å². The molecule has 4 nitrogen and oxygen atoms in total. The summed E-state index contributed by atoms with van der Waals surface area (Å²) in [6, 6.07) is 13.9. The number of primary amides is 1. The summed E-state index contributed by atoms with van der Waals surface area (Å²) in [6.45, 7) is 3.29. The van der Waals surface area contributed by atoms with Crippen molar-refractivity contribution in [3.63, 3.8) is 0 Å². The standard InChI is InChI=1S/C19H21ClFN3O/c20-16-7-4-8-17(21)15(16)13-23-9-11-24(12-10-23)18(19(22)25)14-5-2-1-3-6-14/h1-8,18H,9-13H2,(H2,22,25). The van der Waals surface area contributed by atoms with E-state index in [-0.39, 0.29) is 11.7 Å². The Kier molecular flexibility index (Phi) is 5.68. The van der Waals surface area contributed by atoms with Crippen LogP contribution in [0, 0.1) is 5.82 Å². The number of rotatable bonds is 5. The SMILES string of the molecule is NC(=O)C(c1ccccc1)N1CCN(Cc2c(F)cccc2Cl)CC1. The number of carbonyl (C=O) groups excluding carboxylic acids is 1. The lowest BCUT2D eigenvalue weighted by Crippen LogP contribution is -2.50. The first kappa shape index (κ1) is 17.9. The molecule has 0 bridgehead atoms. The third-order valence-electron chi connectivity index (χ3n) is 4.60. The molecule has 2 aromatic rings. The molecule has 1 aliphatic heterocycles. The van der Waals surface area contributed by atoms with Crippen molar-refractivity contribution < 1.29 is 9.18 Å². The van der Waals surface area contributed by atoms with E-state index in [9.17, 15) is 9.18 Å². The molecule has 0 spiro atoms. The lowest BCUT2D eigenvalue weighted by molar-refractivity contribution is -0.124. The third-order valence-corrected chi connectivity index (χ3v) is 4.95. The molecule has 2 N–H and O–H groups in total. The topological polar surface area (TPSA) is 49.6 Å². The van der Waals surface area contributed by atoms with Gasteiger partial charge in [0.1, 0.15) is 11.9 Å². The number of amides is 1. The molecule has 0 aromatic heterocycles. The van der Waals surface area contributed by atoms with Crippen molar-refractivity contribution in [3.05, 3.63) is 70.5 Å². The molecule has 0 radical (unpaired) electrons. The fourth-order valence-corrected chi connectivity index (χ4v) is 3.50. The Bertz CT molecular complexity index is 712. The molecule has 2 aromatic carbocycles. The molecule has 0 saturated carbocycles. The molecule has 1 amide bonds. The number of nitrogens with zero attached hydrogens (tertiary/aromatic N) is 2. The van der Waals surface area contributed by atoms with Gasteiger partial charge in [-0.3, -0.25) is 14.6 Å². The van der Waals surface area contributed by atoms with E-state index in [1.54, 1.807) is 12.1 Å². The number of hydrogen-bond donors (Lipinski definition) is 1. The predicted molar refractivity (Wildman–Crippen MR) is 96.6 cm³/mol. The lowest BCUT2D eigenvalue weighted by atomic mass is 10.0. The quantitative estimate of drug-likeness (QED) is 0.891. The zero-order valence-corrected chi connectivity index (χ0v) is 14.6. The zero-order chi connectivity index (χ0) is 17.8. The van der Waals surface area contributed by atoms with Crippen molar-refractivity contribution in [2.24, 2.45) is 5.73 Å². The van der Waals surface area contributed by atoms with Gasteiger partial charge in [0.2, 0.25) is 5.91 Å². The van der Waals surface area contributed by atoms with Gasteiger partial charge in [-0.1, -0.05) is 48.0 Å². The van der Waals surface area contributed by atoms with E-state index < -0.39 is 6.04 Å². The number of nitrogens with two attached hydrogens (primary N) is 1. The van der Waals surface area contributed by atoms with Crippen LogP contribution in [0.3, 0.4) is 0 Å². The summed E-state index contributed by atoms with van der Waals surface area (Å²) in [4.78, 5) is 16.2. The smallest absolute Gasteiger partial charge is 0.239 e. The number of piperazine rings is 1. The Balaban J connectivity index is 1.66. The average molecular weight is 362 g/mol. The Labute approximate surface area is 152 Å². The Morgan fingerprint density at radius 1 is 1.08 bits per heavy atom. The van der Waals surface area contributed by atoms with Gasteiger partial charge < -0.3 is 5.73 Å². The maximum absolute atomic E-state index is 14.0. The van der Waals surface area contributed by atoms with Crippen LogP contribution in [0.2, 0.25) is 5.02 Å². The Hall–Kier alpha value is -1.95. The van der Waals surface area contributed by atoms with Crippen molar-refractivity contribution in [3.8, 4) is 0 Å². The van der Waals surface area contributed by atoms with E-state index >= 15 is 0 Å². The number of halogens is 2. The van der Waals surface area contributed by atoms with Gasteiger partial charge in [0.15, 0.2) is 0 Å². The zero-order valence-electron chi connectivity index (χ0n) is 13.9. The largest absolute Gasteiger partial charge is 0.368 e. The van der Waals surface area contributed by atoms with E-state index in [4.69, 9.17) is 17.3 Å². The van der Waals surface area contributed by atoms with Gasteiger partial charge in [-0.15, -0.1) is 0 Å². The van der Waals surface area contributed by atoms with E-state index in [1.165, 1.54) is 6.07 Å². The molecule has 25 heavy (non-hydrogen) atoms. The van der Waals surface area contributed by atoms with Crippen molar-refractivity contribution in [2.75, 3.05) is 26.2 Å². The Morgan fingerprint density at radius 2 is 1.76 bits per heavy atom. The number of carbonyl (C=O) groups is 1. The molecule has 3 rings (SSSR count). The van der Waals surface area contributed by atoms with Crippen LogP contribution in [-0.4, -0.2) is 41.9 Å². The minimum absolute atomic E-state index is 0.283. The van der Waals surface area contributed by atoms with Gasteiger partial charge in [-0.2, -0.15) is 0 Å². The van der Waals surface area contributed by atoms with Gasteiger partial charge in [0.05, 0.1) is 0 Å². The summed E-state index contributed by atoms with van der Waals surface area (Å²) in [5, 5.41) is 0.446. The summed E-state index contributed by atoms with van der Waals surface area (Å²) < 4.78 is 14.0. The molecular weight excluding hydrogens is 341 g/mol. The second-order valence-electron chi connectivity index (χ2n) is 6.23. The molecule has 132 valence electrons. The lowest BCUT2D eigenvalue weighted by Gasteiger charge is -2.38. The number of hydrogen-bond acceptors (Lipinski definition) is 3. The normalized spacial score (nSPS) is 17.4. The first-order chi connectivity index (χ1) is 12.1. The average Bonchev–Trinajstić information content (AvgIpc) is 2.60. The first-order valence-electron chi connectivity index (χ1n) is 8.30. The van der Waals surface area contributed by atoms with Crippen molar-refractivity contribution in [1.29, 1.82) is 0 Å². The van der Waals surface area contributed by atoms with Crippen LogP contribution >= 0.6 is 11.6 Å². The summed E-state index contributed by atoms with van der Waals surface area (Å²) >= 11 is 6.11. The van der Waals surface area contributed by atoms with Crippen LogP contribution in [0.1, 0.15) is 17.2 Å². The highest BCUT2D eigenvalue weighted by Gasteiger charge is 2.29. The minimum atomic E-state index is -0.430. The second kappa shape index (κ2) is 7.95. The molecule has 1 saturated heterocycles. The molecule has 1 fully saturated rings. The van der Waals surface area contributed by atoms with Crippen LogP contribution in [0.5, 0.6) is 0 Å². The van der Waals surface area contributed by atoms with Crippen LogP contribution in [0.25, 0.3) is 0 Å². The fourth-order valence-electron chi connectivity index (χ4n) is 3.28. The summed E-state index contributed by atoms with van der Waals surface area (Å²) in [5.41, 5.74) is 7.06. The molecule has 1 heterocycles. The fraction of sp³-hybridized carbons (Fsp3) is 0.316. The van der Waals surface area contributed by atoms with E-state index in [2.05, 4.69) is 9.80 Å². The van der Waals surface area contributed by atoms with E-state index in [0.29, 0.717) is 30.2 Å². The highest BCUT2D eigenvalue weighted by molar-refractivity contribution is 6.31. The number of benzene rings is 2. The van der Waals surface area contributed by atoms with Gasteiger partial charge in [-0.25, -0.2) is 4.39 Å². The van der Waals surface area contributed by atoms with Crippen molar-refractivity contribution in [1.82, 2.24) is 9.80 Å². The summed E-state index contributed by atoms with van der Waals surface area (Å²) in [6.07, 6.45) is 0. The van der Waals surface area contributed by atoms with Crippen LogP contribution in [-0.2, 0) is 11.3 Å².